The Labute approximate surface area is 236 Å². The van der Waals surface area contributed by atoms with Crippen LogP contribution in [0.1, 0.15) is 43.8 Å². The number of hydrogen-bond donors (Lipinski definition) is 0. The number of benzene rings is 3. The molecule has 0 spiro atoms. The van der Waals surface area contributed by atoms with E-state index >= 15 is 4.39 Å². The van der Waals surface area contributed by atoms with Gasteiger partial charge in [-0.15, -0.1) is 0 Å². The Balaban J connectivity index is 1.74. The number of methoxy groups -OCH3 is 1. The van der Waals surface area contributed by atoms with Crippen LogP contribution in [-0.4, -0.2) is 42.2 Å². The van der Waals surface area contributed by atoms with E-state index in [0.29, 0.717) is 39.7 Å². The van der Waals surface area contributed by atoms with Gasteiger partial charge in [0.15, 0.2) is 5.60 Å². The summed E-state index contributed by atoms with van der Waals surface area (Å²) in [5.41, 5.74) is 0.00395. The van der Waals surface area contributed by atoms with E-state index in [1.54, 1.807) is 51.8 Å². The first-order valence-electron chi connectivity index (χ1n) is 13.1. The van der Waals surface area contributed by atoms with Gasteiger partial charge >= 0.3 is 0 Å². The molecule has 1 aliphatic heterocycles. The summed E-state index contributed by atoms with van der Waals surface area (Å²) < 4.78 is 56.2. The smallest absolute Gasteiger partial charge is 0.298 e. The van der Waals surface area contributed by atoms with E-state index in [4.69, 9.17) is 9.72 Å². The molecule has 214 valence electrons. The Morgan fingerprint density at radius 2 is 1.80 bits per heavy atom. The molecule has 3 aromatic carbocycles. The van der Waals surface area contributed by atoms with E-state index in [-0.39, 0.29) is 11.5 Å². The van der Waals surface area contributed by atoms with Gasteiger partial charge in [0.1, 0.15) is 29.8 Å². The van der Waals surface area contributed by atoms with Gasteiger partial charge in [-0.1, -0.05) is 30.3 Å². The minimum Gasteiger partial charge on any atom is -0.476 e. The van der Waals surface area contributed by atoms with Gasteiger partial charge in [0.2, 0.25) is 0 Å². The van der Waals surface area contributed by atoms with Crippen molar-refractivity contribution in [3.8, 4) is 5.75 Å². The van der Waals surface area contributed by atoms with Crippen molar-refractivity contribution in [2.45, 2.75) is 45.3 Å². The summed E-state index contributed by atoms with van der Waals surface area (Å²) in [5.74, 6) is -3.39. The summed E-state index contributed by atoms with van der Waals surface area (Å²) in [6.07, 6.45) is 0. The number of alkyl halides is 2. The molecule has 1 aliphatic rings. The second-order valence-electron chi connectivity index (χ2n) is 10.6. The summed E-state index contributed by atoms with van der Waals surface area (Å²) in [4.78, 5) is 25.7. The second kappa shape index (κ2) is 10.3. The van der Waals surface area contributed by atoms with Crippen LogP contribution in [0, 0.1) is 12.7 Å². The zero-order chi connectivity index (χ0) is 29.7. The van der Waals surface area contributed by atoms with Gasteiger partial charge in [-0.3, -0.25) is 4.79 Å². The third-order valence-electron chi connectivity index (χ3n) is 7.26. The van der Waals surface area contributed by atoms with Crippen LogP contribution in [0.25, 0.3) is 10.9 Å². The number of carbonyl (C=O) groups excluding carboxylic acids is 1. The third kappa shape index (κ3) is 4.97. The maximum Gasteiger partial charge on any atom is 0.298 e. The van der Waals surface area contributed by atoms with E-state index in [1.165, 1.54) is 17.0 Å². The van der Waals surface area contributed by atoms with E-state index in [0.717, 1.165) is 13.2 Å². The number of carbonyl (C=O) groups is 1. The quantitative estimate of drug-likeness (QED) is 0.245. The zero-order valence-corrected chi connectivity index (χ0v) is 23.7. The van der Waals surface area contributed by atoms with Gasteiger partial charge in [0.05, 0.1) is 22.8 Å². The third-order valence-corrected chi connectivity index (χ3v) is 7.26. The Hall–Kier alpha value is -4.18. The number of aryl methyl sites for hydroxylation is 1. The number of fused-ring (bicyclic) bond motifs is 2. The van der Waals surface area contributed by atoms with Crippen LogP contribution in [0.3, 0.4) is 0 Å². The lowest BCUT2D eigenvalue weighted by Crippen LogP contribution is -2.50. The zero-order valence-electron chi connectivity index (χ0n) is 23.7. The molecule has 0 N–H and O–H groups in total. The maximum absolute atomic E-state index is 15.9. The number of hydrogen-bond acceptors (Lipinski definition) is 6. The van der Waals surface area contributed by atoms with Gasteiger partial charge in [0.25, 0.3) is 11.8 Å². The van der Waals surface area contributed by atoms with Crippen LogP contribution in [0.4, 0.5) is 30.4 Å². The van der Waals surface area contributed by atoms with Crippen molar-refractivity contribution in [2.24, 2.45) is 0 Å². The minimum absolute atomic E-state index is 0.0573. The molecular formula is C31H31F3N4O3. The van der Waals surface area contributed by atoms with Gasteiger partial charge < -0.3 is 19.3 Å². The van der Waals surface area contributed by atoms with E-state index in [2.05, 4.69) is 9.72 Å². The van der Waals surface area contributed by atoms with Crippen LogP contribution in [0.2, 0.25) is 0 Å². The van der Waals surface area contributed by atoms with Crippen LogP contribution >= 0.6 is 0 Å². The number of rotatable bonds is 7. The maximum atomic E-state index is 15.9. The lowest BCUT2D eigenvalue weighted by Gasteiger charge is -2.37. The first kappa shape index (κ1) is 28.4. The number of amides is 1. The van der Waals surface area contributed by atoms with Crippen LogP contribution < -0.4 is 14.5 Å². The summed E-state index contributed by atoms with van der Waals surface area (Å²) in [5, 5.41) is 0.578. The van der Waals surface area contributed by atoms with Crippen molar-refractivity contribution in [2.75, 3.05) is 30.6 Å². The molecule has 7 nitrogen and oxygen atoms in total. The molecule has 10 heteroatoms. The molecule has 0 fully saturated rings. The average Bonchev–Trinajstić information content (AvgIpc) is 2.91. The first-order chi connectivity index (χ1) is 19.4. The molecular weight excluding hydrogens is 533 g/mol. The normalized spacial score (nSPS) is 15.4. The average molecular weight is 565 g/mol. The Morgan fingerprint density at radius 1 is 1.10 bits per heavy atom. The highest BCUT2D eigenvalue weighted by molar-refractivity contribution is 6.05. The summed E-state index contributed by atoms with van der Waals surface area (Å²) >= 11 is 0. The fraction of sp³-hybridized carbons (Fsp3) is 0.323. The summed E-state index contributed by atoms with van der Waals surface area (Å²) in [6, 6.07) is 15.9. The van der Waals surface area contributed by atoms with Gasteiger partial charge in [-0.25, -0.2) is 14.4 Å². The highest BCUT2D eigenvalue weighted by atomic mass is 19.3. The lowest BCUT2D eigenvalue weighted by molar-refractivity contribution is -0.132. The first-order valence-corrected chi connectivity index (χ1v) is 13.1. The SMILES string of the molecule is COCC(F)(F)c1cccc([C@@H](C)N(c2ccccc2)c2nc(C)nc3cc4c(cc23)N(C)C(=O)C(C)(C)O4)c1F. The number of para-hydroxylation sites is 1. The summed E-state index contributed by atoms with van der Waals surface area (Å²) in [6.45, 7) is 5.92. The van der Waals surface area contributed by atoms with Crippen molar-refractivity contribution in [1.82, 2.24) is 9.97 Å². The fourth-order valence-electron chi connectivity index (χ4n) is 5.27. The standard InChI is InChI=1S/C31H31F3N4O3/c1-18(21-13-10-14-23(27(21)32)31(33,34)17-40-6)38(20-11-8-7-9-12-20)28-22-15-25-26(16-24(22)35-19(2)36-28)41-30(3,4)29(39)37(25)5/h7-16,18H,17H2,1-6H3/t18-/m1/s1. The van der Waals surface area contributed by atoms with Crippen molar-refractivity contribution >= 4 is 34.0 Å². The van der Waals surface area contributed by atoms with E-state index in [1.807, 2.05) is 30.3 Å². The number of ether oxygens (including phenoxy) is 2. The molecule has 41 heavy (non-hydrogen) atoms. The van der Waals surface area contributed by atoms with Crippen LogP contribution in [0.15, 0.2) is 60.7 Å². The molecule has 0 saturated carbocycles. The van der Waals surface area contributed by atoms with Gasteiger partial charge in [0, 0.05) is 36.9 Å². The number of aromatic nitrogens is 2. The van der Waals surface area contributed by atoms with E-state index < -0.39 is 35.6 Å². The molecule has 0 radical (unpaired) electrons. The molecule has 2 heterocycles. The molecule has 4 aromatic rings. The predicted molar refractivity (Wildman–Crippen MR) is 152 cm³/mol. The number of anilines is 3. The Kier molecular flexibility index (Phi) is 7.15. The van der Waals surface area contributed by atoms with Gasteiger partial charge in [-0.2, -0.15) is 8.78 Å². The molecule has 1 atom stereocenters. The molecule has 0 saturated heterocycles. The van der Waals surface area contributed by atoms with Crippen molar-refractivity contribution < 1.29 is 27.4 Å². The molecule has 1 amide bonds. The highest BCUT2D eigenvalue weighted by Gasteiger charge is 2.40. The van der Waals surface area contributed by atoms with Crippen molar-refractivity contribution in [3.63, 3.8) is 0 Å². The lowest BCUT2D eigenvalue weighted by atomic mass is 9.98. The second-order valence-corrected chi connectivity index (χ2v) is 10.6. The Morgan fingerprint density at radius 3 is 2.49 bits per heavy atom. The topological polar surface area (TPSA) is 67.8 Å². The molecule has 0 bridgehead atoms. The number of likely N-dealkylation sites (N-methyl/N-ethyl adjacent to an activating group) is 1. The summed E-state index contributed by atoms with van der Waals surface area (Å²) in [7, 11) is 2.82. The van der Waals surface area contributed by atoms with E-state index in [9.17, 15) is 13.6 Å². The molecule has 0 aliphatic carbocycles. The molecule has 5 rings (SSSR count). The van der Waals surface area contributed by atoms with Crippen molar-refractivity contribution in [1.29, 1.82) is 0 Å². The molecule has 1 aromatic heterocycles. The molecule has 0 unspecified atom stereocenters. The predicted octanol–water partition coefficient (Wildman–Crippen LogP) is 6.85. The largest absolute Gasteiger partial charge is 0.476 e. The van der Waals surface area contributed by atoms with Gasteiger partial charge in [-0.05, 0) is 52.0 Å². The monoisotopic (exact) mass is 564 g/mol. The van der Waals surface area contributed by atoms with Crippen LogP contribution in [-0.2, 0) is 15.5 Å². The van der Waals surface area contributed by atoms with Crippen LogP contribution in [0.5, 0.6) is 5.75 Å². The Bertz CT molecular complexity index is 1630. The number of nitrogens with zero attached hydrogens (tertiary/aromatic N) is 4. The number of halogens is 3. The minimum atomic E-state index is -3.52. The highest BCUT2D eigenvalue weighted by Crippen LogP contribution is 2.44. The fourth-order valence-corrected chi connectivity index (χ4v) is 5.27. The van der Waals surface area contributed by atoms with Crippen molar-refractivity contribution in [3.05, 3.63) is 83.4 Å².